The van der Waals surface area contributed by atoms with E-state index in [-0.39, 0.29) is 0 Å². The highest BCUT2D eigenvalue weighted by Gasteiger charge is 2.12. The molecule has 0 spiro atoms. The summed E-state index contributed by atoms with van der Waals surface area (Å²) in [5, 5.41) is 9.53. The minimum absolute atomic E-state index is 0.349. The van der Waals surface area contributed by atoms with Crippen LogP contribution in [-0.4, -0.2) is 5.11 Å². The third-order valence-electron chi connectivity index (χ3n) is 1.35. The molecule has 1 nitrogen and oxygen atoms in total. The molecule has 1 atom stereocenters. The van der Waals surface area contributed by atoms with Crippen molar-refractivity contribution < 1.29 is 5.11 Å². The van der Waals surface area contributed by atoms with Crippen LogP contribution in [0.4, 0.5) is 0 Å². The molecule has 0 radical (unpaired) electrons. The Hall–Kier alpha value is 0.180. The first-order chi connectivity index (χ1) is 5.65. The maximum atomic E-state index is 9.53. The lowest BCUT2D eigenvalue weighted by Crippen LogP contribution is -1.93. The molecule has 0 aliphatic carbocycles. The fourth-order valence-corrected chi connectivity index (χ4v) is 3.76. The zero-order valence-electron chi connectivity index (χ0n) is 6.05. The highest BCUT2D eigenvalue weighted by molar-refractivity contribution is 9.12. The van der Waals surface area contributed by atoms with Gasteiger partial charge in [-0.1, -0.05) is 0 Å². The van der Waals surface area contributed by atoms with Crippen molar-refractivity contribution in [3.05, 3.63) is 19.2 Å². The van der Waals surface area contributed by atoms with Gasteiger partial charge in [0.05, 0.1) is 13.7 Å². The zero-order chi connectivity index (χ0) is 9.14. The lowest BCUT2D eigenvalue weighted by atomic mass is 10.1. The second-order valence-corrected chi connectivity index (χ2v) is 5.95. The van der Waals surface area contributed by atoms with Crippen LogP contribution < -0.4 is 0 Å². The molecule has 1 N–H and O–H groups in total. The van der Waals surface area contributed by atoms with Crippen molar-refractivity contribution in [1.82, 2.24) is 0 Å². The second-order valence-electron chi connectivity index (χ2n) is 2.20. The quantitative estimate of drug-likeness (QED) is 0.831. The largest absolute Gasteiger partial charge is 0.387 e. The normalized spacial score (nSPS) is 12.5. The summed E-state index contributed by atoms with van der Waals surface area (Å²) in [5.74, 6) is 2.42. The van der Waals surface area contributed by atoms with Gasteiger partial charge in [0, 0.05) is 12.0 Å². The van der Waals surface area contributed by atoms with Crippen LogP contribution in [0.1, 0.15) is 18.1 Å². The van der Waals surface area contributed by atoms with Gasteiger partial charge in [-0.25, -0.2) is 0 Å². The van der Waals surface area contributed by atoms with Crippen molar-refractivity contribution in [3.63, 3.8) is 0 Å². The van der Waals surface area contributed by atoms with Crippen LogP contribution in [-0.2, 0) is 0 Å². The molecule has 0 aliphatic heterocycles. The van der Waals surface area contributed by atoms with Gasteiger partial charge < -0.3 is 5.11 Å². The van der Waals surface area contributed by atoms with Crippen LogP contribution in [0.5, 0.6) is 0 Å². The summed E-state index contributed by atoms with van der Waals surface area (Å²) < 4.78 is 1.91. The summed E-state index contributed by atoms with van der Waals surface area (Å²) in [6.07, 6.45) is 4.88. The van der Waals surface area contributed by atoms with Crippen LogP contribution in [0.2, 0.25) is 0 Å². The van der Waals surface area contributed by atoms with E-state index in [1.54, 1.807) is 0 Å². The summed E-state index contributed by atoms with van der Waals surface area (Å²) in [6, 6.07) is 1.87. The molecule has 0 amide bonds. The molecule has 0 aliphatic rings. The molecule has 0 fully saturated rings. The molecule has 1 heterocycles. The lowest BCUT2D eigenvalue weighted by Gasteiger charge is -2.03. The van der Waals surface area contributed by atoms with E-state index in [0.29, 0.717) is 6.42 Å². The van der Waals surface area contributed by atoms with Gasteiger partial charge in [0.25, 0.3) is 0 Å². The van der Waals surface area contributed by atoms with Crippen molar-refractivity contribution in [2.75, 3.05) is 0 Å². The Balaban J connectivity index is 2.88. The van der Waals surface area contributed by atoms with Crippen LogP contribution in [0.15, 0.2) is 13.6 Å². The third-order valence-corrected chi connectivity index (χ3v) is 3.74. The molecule has 1 aromatic heterocycles. The molecule has 64 valence electrons. The Morgan fingerprint density at radius 1 is 1.67 bits per heavy atom. The van der Waals surface area contributed by atoms with E-state index in [0.717, 1.165) is 13.1 Å². The Morgan fingerprint density at radius 3 is 2.75 bits per heavy atom. The van der Waals surface area contributed by atoms with E-state index in [4.69, 9.17) is 6.42 Å². The molecule has 0 bridgehead atoms. The number of hydrogen-bond donors (Lipinski definition) is 1. The molecule has 4 heteroatoms. The number of aliphatic hydroxyl groups is 1. The Labute approximate surface area is 92.1 Å². The fraction of sp³-hybridized carbons (Fsp3) is 0.250. The van der Waals surface area contributed by atoms with E-state index in [1.807, 2.05) is 6.07 Å². The smallest absolute Gasteiger partial charge is 0.0918 e. The maximum absolute atomic E-state index is 9.53. The summed E-state index contributed by atoms with van der Waals surface area (Å²) in [6.45, 7) is 0. The topological polar surface area (TPSA) is 20.2 Å². The monoisotopic (exact) mass is 308 g/mol. The molecule has 0 saturated heterocycles. The Morgan fingerprint density at radius 2 is 2.33 bits per heavy atom. The predicted octanol–water partition coefficient (Wildman–Crippen LogP) is 3.33. The number of aliphatic hydroxyl groups excluding tert-OH is 1. The van der Waals surface area contributed by atoms with Crippen LogP contribution in [0.25, 0.3) is 0 Å². The van der Waals surface area contributed by atoms with E-state index in [1.165, 1.54) is 11.3 Å². The van der Waals surface area contributed by atoms with Crippen LogP contribution in [0.3, 0.4) is 0 Å². The van der Waals surface area contributed by atoms with E-state index in [2.05, 4.69) is 37.8 Å². The van der Waals surface area contributed by atoms with Crippen molar-refractivity contribution in [3.8, 4) is 12.3 Å². The predicted molar refractivity (Wildman–Crippen MR) is 58.1 cm³/mol. The van der Waals surface area contributed by atoms with Gasteiger partial charge in [-0.15, -0.1) is 23.7 Å². The van der Waals surface area contributed by atoms with Crippen molar-refractivity contribution in [2.45, 2.75) is 12.5 Å². The minimum Gasteiger partial charge on any atom is -0.387 e. The van der Waals surface area contributed by atoms with Crippen LogP contribution in [0, 0.1) is 12.3 Å². The summed E-state index contributed by atoms with van der Waals surface area (Å²) in [5.41, 5.74) is 0.852. The van der Waals surface area contributed by atoms with Gasteiger partial charge in [-0.3, -0.25) is 0 Å². The van der Waals surface area contributed by atoms with E-state index < -0.39 is 6.10 Å². The lowest BCUT2D eigenvalue weighted by molar-refractivity contribution is 0.184. The average Bonchev–Trinajstić information content (AvgIpc) is 2.30. The summed E-state index contributed by atoms with van der Waals surface area (Å²) in [7, 11) is 0. The summed E-state index contributed by atoms with van der Waals surface area (Å²) in [4.78, 5) is 0. The Bertz CT molecular complexity index is 313. The molecule has 12 heavy (non-hydrogen) atoms. The number of terminal acetylenes is 1. The van der Waals surface area contributed by atoms with Gasteiger partial charge >= 0.3 is 0 Å². The first kappa shape index (κ1) is 10.3. The molecule has 1 unspecified atom stereocenters. The second kappa shape index (κ2) is 4.43. The molecule has 1 rings (SSSR count). The first-order valence-electron chi connectivity index (χ1n) is 3.21. The highest BCUT2D eigenvalue weighted by Crippen LogP contribution is 2.36. The average molecular weight is 310 g/mol. The molecule has 0 saturated carbocycles. The number of hydrogen-bond acceptors (Lipinski definition) is 2. The van der Waals surface area contributed by atoms with Gasteiger partial charge in [0.15, 0.2) is 0 Å². The highest BCUT2D eigenvalue weighted by atomic mass is 79.9. The molecule has 0 aromatic carbocycles. The Kier molecular flexibility index (Phi) is 3.78. The number of rotatable bonds is 2. The molecular formula is C8H6Br2OS. The van der Waals surface area contributed by atoms with Gasteiger partial charge in [0.1, 0.15) is 0 Å². The van der Waals surface area contributed by atoms with E-state index in [9.17, 15) is 5.11 Å². The van der Waals surface area contributed by atoms with Crippen molar-refractivity contribution in [1.29, 1.82) is 0 Å². The molecular weight excluding hydrogens is 304 g/mol. The van der Waals surface area contributed by atoms with Gasteiger partial charge in [-0.2, -0.15) is 0 Å². The SMILES string of the molecule is C#CCC(O)c1cc(Br)sc1Br. The van der Waals surface area contributed by atoms with Crippen LogP contribution >= 0.6 is 43.2 Å². The standard InChI is InChI=1S/C8H6Br2OS/c1-2-3-6(11)5-4-7(9)12-8(5)10/h1,4,6,11H,3H2. The van der Waals surface area contributed by atoms with Crippen molar-refractivity contribution in [2.24, 2.45) is 0 Å². The first-order valence-corrected chi connectivity index (χ1v) is 5.61. The minimum atomic E-state index is -0.563. The fourth-order valence-electron chi connectivity index (χ4n) is 0.802. The van der Waals surface area contributed by atoms with Gasteiger partial charge in [-0.05, 0) is 37.9 Å². The molecule has 1 aromatic rings. The van der Waals surface area contributed by atoms with Gasteiger partial charge in [0.2, 0.25) is 0 Å². The zero-order valence-corrected chi connectivity index (χ0v) is 10.0. The number of halogens is 2. The maximum Gasteiger partial charge on any atom is 0.0918 e. The third kappa shape index (κ3) is 2.33. The van der Waals surface area contributed by atoms with Crippen molar-refractivity contribution >= 4 is 43.2 Å². The summed E-state index contributed by atoms with van der Waals surface area (Å²) >= 11 is 8.20. The number of thiophene rings is 1. The van der Waals surface area contributed by atoms with E-state index >= 15 is 0 Å².